The maximum Gasteiger partial charge on any atom is 0.260 e. The van der Waals surface area contributed by atoms with E-state index in [9.17, 15) is 9.59 Å². The Kier molecular flexibility index (Phi) is 4.47. The average molecular weight is 291 g/mol. The molecule has 3 atom stereocenters. The van der Waals surface area contributed by atoms with Gasteiger partial charge < -0.3 is 21.1 Å². The van der Waals surface area contributed by atoms with E-state index in [1.54, 1.807) is 18.2 Å². The Balaban J connectivity index is 2.33. The van der Waals surface area contributed by atoms with Crippen LogP contribution in [-0.2, 0) is 9.59 Å². The summed E-state index contributed by atoms with van der Waals surface area (Å²) in [4.78, 5) is 25.5. The summed E-state index contributed by atoms with van der Waals surface area (Å²) in [5.74, 6) is -0.289. The molecular weight excluding hydrogens is 270 g/mol. The second kappa shape index (κ2) is 6.13. The van der Waals surface area contributed by atoms with Crippen molar-refractivity contribution < 1.29 is 14.3 Å². The average Bonchev–Trinajstić information content (AvgIpc) is 2.51. The summed E-state index contributed by atoms with van der Waals surface area (Å²) in [6.07, 6.45) is -0.0500. The fourth-order valence-electron chi connectivity index (χ4n) is 2.27. The van der Waals surface area contributed by atoms with Crippen LogP contribution in [0, 0.1) is 5.92 Å². The minimum atomic E-state index is -0.854. The van der Waals surface area contributed by atoms with E-state index >= 15 is 0 Å². The zero-order valence-electron chi connectivity index (χ0n) is 12.3. The molecule has 1 heterocycles. The van der Waals surface area contributed by atoms with Gasteiger partial charge >= 0.3 is 0 Å². The number of rotatable bonds is 4. The van der Waals surface area contributed by atoms with Crippen LogP contribution in [0.5, 0.6) is 5.75 Å². The molecule has 1 aromatic rings. The van der Waals surface area contributed by atoms with Crippen molar-refractivity contribution in [3.63, 3.8) is 0 Å². The van der Waals surface area contributed by atoms with Crippen molar-refractivity contribution in [2.45, 2.75) is 32.4 Å². The molecule has 0 radical (unpaired) electrons. The van der Waals surface area contributed by atoms with E-state index in [4.69, 9.17) is 16.2 Å². The maximum atomic E-state index is 12.6. The zero-order valence-corrected chi connectivity index (χ0v) is 12.3. The normalized spacial score (nSPS) is 20.1. The first-order valence-electron chi connectivity index (χ1n) is 7.07. The van der Waals surface area contributed by atoms with Crippen molar-refractivity contribution >= 4 is 17.5 Å². The summed E-state index contributed by atoms with van der Waals surface area (Å²) in [7, 11) is 0. The van der Waals surface area contributed by atoms with Gasteiger partial charge in [0.1, 0.15) is 5.75 Å². The van der Waals surface area contributed by atoms with Gasteiger partial charge in [-0.3, -0.25) is 9.59 Å². The monoisotopic (exact) mass is 291 g/mol. The summed E-state index contributed by atoms with van der Waals surface area (Å²) < 4.78 is 5.53. The van der Waals surface area contributed by atoms with E-state index in [1.807, 2.05) is 19.9 Å². The molecule has 1 aliphatic heterocycles. The lowest BCUT2D eigenvalue weighted by Gasteiger charge is -2.35. The molecule has 0 aliphatic carbocycles. The quantitative estimate of drug-likeness (QED) is 0.850. The van der Waals surface area contributed by atoms with Crippen LogP contribution in [-0.4, -0.2) is 30.5 Å². The molecule has 0 spiro atoms. The zero-order chi connectivity index (χ0) is 15.6. The topological polar surface area (TPSA) is 98.7 Å². The first-order valence-corrected chi connectivity index (χ1v) is 7.07. The van der Waals surface area contributed by atoms with Gasteiger partial charge in [0, 0.05) is 0 Å². The van der Waals surface area contributed by atoms with Crippen LogP contribution in [0.3, 0.4) is 0 Å². The Morgan fingerprint density at radius 1 is 1.43 bits per heavy atom. The number of nitrogens with two attached hydrogens (primary N) is 2. The number of benzene rings is 1. The van der Waals surface area contributed by atoms with Gasteiger partial charge in [0.05, 0.1) is 18.3 Å². The van der Waals surface area contributed by atoms with Gasteiger partial charge in [-0.1, -0.05) is 32.4 Å². The largest absolute Gasteiger partial charge is 0.477 e. The molecule has 114 valence electrons. The predicted octanol–water partition coefficient (Wildman–Crippen LogP) is 0.639. The fourth-order valence-corrected chi connectivity index (χ4v) is 2.27. The highest BCUT2D eigenvalue weighted by molar-refractivity contribution is 6.00. The number of anilines is 1. The Morgan fingerprint density at radius 2 is 2.10 bits per heavy atom. The van der Waals surface area contributed by atoms with Crippen LogP contribution in [0.1, 0.15) is 20.3 Å². The molecule has 6 heteroatoms. The molecule has 3 unspecified atom stereocenters. The highest BCUT2D eigenvalue weighted by Crippen LogP contribution is 2.33. The predicted molar refractivity (Wildman–Crippen MR) is 79.8 cm³/mol. The minimum absolute atomic E-state index is 0.0551. The van der Waals surface area contributed by atoms with Crippen molar-refractivity contribution in [3.05, 3.63) is 24.3 Å². The number of carbonyl (C=O) groups is 2. The third-order valence-corrected chi connectivity index (χ3v) is 3.90. The minimum Gasteiger partial charge on any atom is -0.477 e. The van der Waals surface area contributed by atoms with Crippen LogP contribution in [0.4, 0.5) is 5.69 Å². The Hall–Kier alpha value is -2.08. The molecule has 0 bridgehead atoms. The van der Waals surface area contributed by atoms with Gasteiger partial charge in [-0.2, -0.15) is 0 Å². The van der Waals surface area contributed by atoms with Gasteiger partial charge in [0.25, 0.3) is 5.91 Å². The summed E-state index contributed by atoms with van der Waals surface area (Å²) in [6, 6.07) is 6.45. The van der Waals surface area contributed by atoms with Crippen molar-refractivity contribution in [1.29, 1.82) is 0 Å². The molecule has 6 nitrogen and oxygen atoms in total. The Bertz CT molecular complexity index is 547. The van der Waals surface area contributed by atoms with E-state index in [0.29, 0.717) is 11.4 Å². The molecule has 2 rings (SSSR count). The molecule has 2 amide bonds. The fraction of sp³-hybridized carbons (Fsp3) is 0.467. The third-order valence-electron chi connectivity index (χ3n) is 3.90. The summed E-state index contributed by atoms with van der Waals surface area (Å²) in [5, 5.41) is 0. The second-order valence-corrected chi connectivity index (χ2v) is 5.34. The highest BCUT2D eigenvalue weighted by atomic mass is 16.5. The molecule has 0 aromatic heterocycles. The van der Waals surface area contributed by atoms with Crippen LogP contribution in [0.2, 0.25) is 0 Å². The second-order valence-electron chi connectivity index (χ2n) is 5.34. The number of amides is 2. The number of hydrogen-bond donors (Lipinski definition) is 2. The SMILES string of the molecule is CCC(C)C(N)C(=O)N1CC(C(N)=O)Oc2ccccc21. The van der Waals surface area contributed by atoms with E-state index in [0.717, 1.165) is 6.42 Å². The molecule has 0 fully saturated rings. The summed E-state index contributed by atoms with van der Waals surface area (Å²) in [5.41, 5.74) is 12.0. The van der Waals surface area contributed by atoms with E-state index in [-0.39, 0.29) is 18.4 Å². The van der Waals surface area contributed by atoms with Gasteiger partial charge in [0.15, 0.2) is 6.10 Å². The lowest BCUT2D eigenvalue weighted by atomic mass is 9.98. The van der Waals surface area contributed by atoms with E-state index in [2.05, 4.69) is 0 Å². The van der Waals surface area contributed by atoms with Gasteiger partial charge in [-0.05, 0) is 18.1 Å². The molecule has 21 heavy (non-hydrogen) atoms. The van der Waals surface area contributed by atoms with Crippen molar-refractivity contribution in [2.75, 3.05) is 11.4 Å². The molecule has 4 N–H and O–H groups in total. The smallest absolute Gasteiger partial charge is 0.260 e. The van der Waals surface area contributed by atoms with Crippen molar-refractivity contribution in [3.8, 4) is 5.75 Å². The number of primary amides is 1. The van der Waals surface area contributed by atoms with Crippen molar-refractivity contribution in [2.24, 2.45) is 17.4 Å². The Morgan fingerprint density at radius 3 is 2.71 bits per heavy atom. The standard InChI is InChI=1S/C15H21N3O3/c1-3-9(2)13(16)15(20)18-8-12(14(17)19)21-11-7-5-4-6-10(11)18/h4-7,9,12-13H,3,8,16H2,1-2H3,(H2,17,19). The van der Waals surface area contributed by atoms with E-state index < -0.39 is 18.1 Å². The third kappa shape index (κ3) is 3.00. The van der Waals surface area contributed by atoms with Gasteiger partial charge in [-0.15, -0.1) is 0 Å². The van der Waals surface area contributed by atoms with Crippen LogP contribution in [0.25, 0.3) is 0 Å². The highest BCUT2D eigenvalue weighted by Gasteiger charge is 2.35. The summed E-state index contributed by atoms with van der Waals surface area (Å²) in [6.45, 7) is 4.01. The lowest BCUT2D eigenvalue weighted by molar-refractivity contribution is -0.125. The molecule has 0 saturated carbocycles. The van der Waals surface area contributed by atoms with Gasteiger partial charge in [0.2, 0.25) is 5.91 Å². The van der Waals surface area contributed by atoms with Crippen LogP contribution >= 0.6 is 0 Å². The summed E-state index contributed by atoms with van der Waals surface area (Å²) >= 11 is 0. The Labute approximate surface area is 124 Å². The number of nitrogens with zero attached hydrogens (tertiary/aromatic N) is 1. The molecular formula is C15H21N3O3. The van der Waals surface area contributed by atoms with Crippen molar-refractivity contribution in [1.82, 2.24) is 0 Å². The van der Waals surface area contributed by atoms with Crippen LogP contribution in [0.15, 0.2) is 24.3 Å². The first kappa shape index (κ1) is 15.3. The number of fused-ring (bicyclic) bond motifs is 1. The van der Waals surface area contributed by atoms with Crippen LogP contribution < -0.4 is 21.1 Å². The number of hydrogen-bond acceptors (Lipinski definition) is 4. The first-order chi connectivity index (χ1) is 9.95. The molecule has 0 saturated heterocycles. The number of para-hydroxylation sites is 2. The lowest BCUT2D eigenvalue weighted by Crippen LogP contribution is -2.54. The maximum absolute atomic E-state index is 12.6. The number of ether oxygens (including phenoxy) is 1. The van der Waals surface area contributed by atoms with E-state index in [1.165, 1.54) is 4.90 Å². The number of carbonyl (C=O) groups excluding carboxylic acids is 2. The molecule has 1 aromatic carbocycles. The van der Waals surface area contributed by atoms with Gasteiger partial charge in [-0.25, -0.2) is 0 Å². The molecule has 1 aliphatic rings.